The minimum atomic E-state index is -4.74. The van der Waals surface area contributed by atoms with Crippen molar-refractivity contribution in [2.45, 2.75) is 354 Å². The Kier molecular flexibility index (Phi) is 56.5. The fourth-order valence-electron chi connectivity index (χ4n) is 9.66. The van der Waals surface area contributed by atoms with Crippen molar-refractivity contribution in [1.29, 1.82) is 0 Å². The molecule has 0 spiro atoms. The minimum absolute atomic E-state index is 0.179. The van der Waals surface area contributed by atoms with Crippen molar-refractivity contribution < 1.29 is 52.2 Å². The van der Waals surface area contributed by atoms with Crippen LogP contribution in [0.1, 0.15) is 342 Å². The average Bonchev–Trinajstić information content (AvgIpc) is 3.39. The van der Waals surface area contributed by atoms with E-state index in [1.54, 1.807) is 0 Å². The van der Waals surface area contributed by atoms with Crippen molar-refractivity contribution >= 4 is 25.7 Å². The largest absolute Gasteiger partial charge is 0.472 e. The Morgan fingerprint density at radius 3 is 0.797 bits per heavy atom. The Labute approximate surface area is 456 Å². The standard InChI is InChI=1S/C62H121O11P/c1-4-7-10-13-16-19-21-23-25-27-29-31-33-35-37-40-43-46-49-52-61(65)72-58(54-63)56-70-74(67,68)71-57-59(55-69-60(64)51-48-45-42-39-18-15-12-9-6-3)73-62(66)53-50-47-44-41-38-36-34-32-30-28-26-24-22-20-17-14-11-8-5-2/h58-59,63H,4-57H2,1-3H3,(H,67,68). The van der Waals surface area contributed by atoms with Crippen LogP contribution in [0, 0.1) is 0 Å². The van der Waals surface area contributed by atoms with Crippen LogP contribution >= 0.6 is 7.82 Å². The van der Waals surface area contributed by atoms with Crippen LogP contribution in [0.4, 0.5) is 0 Å². The maximum Gasteiger partial charge on any atom is 0.472 e. The molecule has 74 heavy (non-hydrogen) atoms. The van der Waals surface area contributed by atoms with Crippen LogP contribution in [0.25, 0.3) is 0 Å². The zero-order chi connectivity index (χ0) is 54.1. The van der Waals surface area contributed by atoms with Crippen LogP contribution in [0.2, 0.25) is 0 Å². The Bertz CT molecular complexity index is 1250. The van der Waals surface area contributed by atoms with Crippen LogP contribution in [-0.2, 0) is 42.2 Å². The molecule has 0 rings (SSSR count). The summed E-state index contributed by atoms with van der Waals surface area (Å²) in [7, 11) is -4.74. The SMILES string of the molecule is CCCCCCCCCCCCCCCCCCCCCC(=O)OC(CO)COP(=O)(O)OCC(COC(=O)CCCCCCCCCCC)OC(=O)CCCCCCCCCCCCCCCCCCCCC. The third kappa shape index (κ3) is 55.2. The topological polar surface area (TPSA) is 155 Å². The lowest BCUT2D eigenvalue weighted by Crippen LogP contribution is -2.30. The molecular formula is C62H121O11P. The summed E-state index contributed by atoms with van der Waals surface area (Å²) >= 11 is 0. The first-order valence-corrected chi connectivity index (χ1v) is 33.4. The maximum atomic E-state index is 12.9. The van der Waals surface area contributed by atoms with Crippen LogP contribution in [0.5, 0.6) is 0 Å². The predicted molar refractivity (Wildman–Crippen MR) is 307 cm³/mol. The summed E-state index contributed by atoms with van der Waals surface area (Å²) in [4.78, 5) is 48.6. The van der Waals surface area contributed by atoms with Crippen molar-refractivity contribution in [1.82, 2.24) is 0 Å². The van der Waals surface area contributed by atoms with Gasteiger partial charge in [-0.15, -0.1) is 0 Å². The Morgan fingerprint density at radius 1 is 0.324 bits per heavy atom. The minimum Gasteiger partial charge on any atom is -0.462 e. The second kappa shape index (κ2) is 57.6. The first kappa shape index (κ1) is 72.5. The molecule has 0 aromatic rings. The monoisotopic (exact) mass is 1070 g/mol. The van der Waals surface area contributed by atoms with E-state index in [1.165, 1.54) is 225 Å². The molecule has 0 aliphatic rings. The van der Waals surface area contributed by atoms with Gasteiger partial charge in [-0.25, -0.2) is 4.57 Å². The molecule has 3 atom stereocenters. The van der Waals surface area contributed by atoms with E-state index >= 15 is 0 Å². The summed E-state index contributed by atoms with van der Waals surface area (Å²) in [6.45, 7) is 4.72. The van der Waals surface area contributed by atoms with Crippen LogP contribution in [-0.4, -0.2) is 66.5 Å². The molecule has 0 saturated carbocycles. The molecule has 11 nitrogen and oxygen atoms in total. The van der Waals surface area contributed by atoms with Gasteiger partial charge >= 0.3 is 25.7 Å². The number of aliphatic hydroxyl groups excluding tert-OH is 1. The van der Waals surface area contributed by atoms with E-state index in [9.17, 15) is 28.9 Å². The highest BCUT2D eigenvalue weighted by atomic mass is 31.2. The molecule has 0 heterocycles. The zero-order valence-electron chi connectivity index (χ0n) is 48.9. The molecule has 0 amide bonds. The molecular weight excluding hydrogens is 952 g/mol. The smallest absolute Gasteiger partial charge is 0.462 e. The van der Waals surface area contributed by atoms with Crippen molar-refractivity contribution in [3.63, 3.8) is 0 Å². The number of ether oxygens (including phenoxy) is 3. The molecule has 0 fully saturated rings. The Hall–Kier alpha value is -1.52. The lowest BCUT2D eigenvalue weighted by Gasteiger charge is -2.21. The molecule has 3 unspecified atom stereocenters. The number of unbranched alkanes of at least 4 members (excludes halogenated alkanes) is 44. The summed E-state index contributed by atoms with van der Waals surface area (Å²) in [5.41, 5.74) is 0. The quantitative estimate of drug-likeness (QED) is 0.0259. The predicted octanol–water partition coefficient (Wildman–Crippen LogP) is 19.0. The van der Waals surface area contributed by atoms with Crippen LogP contribution in [0.3, 0.4) is 0 Å². The average molecular weight is 1070 g/mol. The Morgan fingerprint density at radius 2 is 0.541 bits per heavy atom. The van der Waals surface area contributed by atoms with Gasteiger partial charge in [-0.05, 0) is 19.3 Å². The maximum absolute atomic E-state index is 12.9. The van der Waals surface area contributed by atoms with E-state index in [0.29, 0.717) is 19.3 Å². The van der Waals surface area contributed by atoms with Crippen LogP contribution < -0.4 is 0 Å². The number of carbonyl (C=O) groups excluding carboxylic acids is 3. The molecule has 0 saturated heterocycles. The molecule has 0 aromatic heterocycles. The molecule has 12 heteroatoms. The molecule has 0 bridgehead atoms. The second-order valence-electron chi connectivity index (χ2n) is 22.0. The summed E-state index contributed by atoms with van der Waals surface area (Å²) in [6.07, 6.45) is 56.4. The van der Waals surface area contributed by atoms with E-state index in [1.807, 2.05) is 0 Å². The lowest BCUT2D eigenvalue weighted by atomic mass is 10.0. The number of hydrogen-bond acceptors (Lipinski definition) is 10. The Balaban J connectivity index is 4.49. The molecule has 2 N–H and O–H groups in total. The van der Waals surface area contributed by atoms with Gasteiger partial charge in [0.1, 0.15) is 12.7 Å². The summed E-state index contributed by atoms with van der Waals surface area (Å²) < 4.78 is 39.6. The molecule has 0 aliphatic carbocycles. The van der Waals surface area contributed by atoms with Gasteiger partial charge in [-0.1, -0.05) is 303 Å². The van der Waals surface area contributed by atoms with Gasteiger partial charge in [-0.2, -0.15) is 0 Å². The lowest BCUT2D eigenvalue weighted by molar-refractivity contribution is -0.161. The number of aliphatic hydroxyl groups is 1. The van der Waals surface area contributed by atoms with Gasteiger partial charge in [0.25, 0.3) is 0 Å². The normalized spacial score (nSPS) is 13.2. The number of phosphoric ester groups is 1. The van der Waals surface area contributed by atoms with Gasteiger partial charge in [-0.3, -0.25) is 23.4 Å². The number of rotatable bonds is 61. The molecule has 0 aliphatic heterocycles. The highest BCUT2D eigenvalue weighted by Crippen LogP contribution is 2.43. The highest BCUT2D eigenvalue weighted by Gasteiger charge is 2.28. The zero-order valence-corrected chi connectivity index (χ0v) is 49.7. The summed E-state index contributed by atoms with van der Waals surface area (Å²) in [6, 6.07) is 0. The van der Waals surface area contributed by atoms with Crippen molar-refractivity contribution in [2.75, 3.05) is 26.4 Å². The van der Waals surface area contributed by atoms with E-state index in [-0.39, 0.29) is 25.9 Å². The van der Waals surface area contributed by atoms with Gasteiger partial charge in [0, 0.05) is 19.3 Å². The van der Waals surface area contributed by atoms with Crippen LogP contribution in [0.15, 0.2) is 0 Å². The van der Waals surface area contributed by atoms with Crippen molar-refractivity contribution in [3.05, 3.63) is 0 Å². The van der Waals surface area contributed by atoms with Gasteiger partial charge in [0.05, 0.1) is 19.8 Å². The second-order valence-corrected chi connectivity index (χ2v) is 23.4. The number of esters is 3. The number of carbonyl (C=O) groups is 3. The third-order valence-electron chi connectivity index (χ3n) is 14.5. The van der Waals surface area contributed by atoms with E-state index in [2.05, 4.69) is 20.8 Å². The number of hydrogen-bond donors (Lipinski definition) is 2. The third-order valence-corrected chi connectivity index (χ3v) is 15.5. The van der Waals surface area contributed by atoms with E-state index in [0.717, 1.165) is 57.8 Å². The van der Waals surface area contributed by atoms with Crippen molar-refractivity contribution in [2.24, 2.45) is 0 Å². The van der Waals surface area contributed by atoms with Gasteiger partial charge in [0.15, 0.2) is 6.10 Å². The molecule has 440 valence electrons. The fourth-order valence-corrected chi connectivity index (χ4v) is 10.4. The van der Waals surface area contributed by atoms with E-state index in [4.69, 9.17) is 23.3 Å². The first-order valence-electron chi connectivity index (χ1n) is 31.9. The summed E-state index contributed by atoms with van der Waals surface area (Å²) in [5.74, 6) is -1.43. The number of phosphoric acid groups is 1. The van der Waals surface area contributed by atoms with E-state index < -0.39 is 57.8 Å². The van der Waals surface area contributed by atoms with Gasteiger partial charge in [0.2, 0.25) is 0 Å². The fraction of sp³-hybridized carbons (Fsp3) is 0.952. The summed E-state index contributed by atoms with van der Waals surface area (Å²) in [5, 5.41) is 9.84. The van der Waals surface area contributed by atoms with Crippen molar-refractivity contribution in [3.8, 4) is 0 Å². The molecule has 0 aromatic carbocycles. The highest BCUT2D eigenvalue weighted by molar-refractivity contribution is 7.47. The van der Waals surface area contributed by atoms with Gasteiger partial charge < -0.3 is 24.2 Å². The first-order chi connectivity index (χ1) is 36.2. The molecule has 0 radical (unpaired) electrons.